The first kappa shape index (κ1) is 15.4. The number of hydrogen-bond donors (Lipinski definition) is 4. The normalized spacial score (nSPS) is 11.6. The molecular weight excluding hydrogens is 302 g/mol. The van der Waals surface area contributed by atoms with Crippen molar-refractivity contribution in [3.05, 3.63) is 28.7 Å². The van der Waals surface area contributed by atoms with Gasteiger partial charge in [0.05, 0.1) is 25.4 Å². The van der Waals surface area contributed by atoms with E-state index in [0.717, 1.165) is 10.2 Å². The summed E-state index contributed by atoms with van der Waals surface area (Å²) in [4.78, 5) is 0. The van der Waals surface area contributed by atoms with Crippen molar-refractivity contribution < 1.29 is 20.1 Å². The second kappa shape index (κ2) is 7.70. The zero-order valence-corrected chi connectivity index (χ0v) is 11.6. The Bertz CT molecular complexity index is 349. The predicted molar refractivity (Wildman–Crippen MR) is 71.6 cm³/mol. The molecule has 6 heteroatoms. The van der Waals surface area contributed by atoms with Gasteiger partial charge in [0.2, 0.25) is 0 Å². The topological polar surface area (TPSA) is 82.0 Å². The van der Waals surface area contributed by atoms with Crippen molar-refractivity contribution in [2.24, 2.45) is 0 Å². The highest BCUT2D eigenvalue weighted by Crippen LogP contribution is 2.17. The summed E-state index contributed by atoms with van der Waals surface area (Å²) < 4.78 is 6.41. The van der Waals surface area contributed by atoms with Gasteiger partial charge in [0.15, 0.2) is 0 Å². The third-order valence-electron chi connectivity index (χ3n) is 2.57. The van der Waals surface area contributed by atoms with E-state index in [1.54, 1.807) is 0 Å². The van der Waals surface area contributed by atoms with E-state index in [9.17, 15) is 0 Å². The van der Waals surface area contributed by atoms with Crippen molar-refractivity contribution in [3.8, 4) is 5.75 Å². The van der Waals surface area contributed by atoms with Gasteiger partial charge in [-0.15, -0.1) is 0 Å². The second-order valence-electron chi connectivity index (χ2n) is 3.99. The van der Waals surface area contributed by atoms with Gasteiger partial charge < -0.3 is 25.4 Å². The van der Waals surface area contributed by atoms with Crippen LogP contribution in [-0.4, -0.2) is 53.8 Å². The fourth-order valence-corrected chi connectivity index (χ4v) is 1.74. The zero-order chi connectivity index (χ0) is 13.4. The van der Waals surface area contributed by atoms with E-state index in [0.29, 0.717) is 13.2 Å². The Balaban J connectivity index is 2.34. The summed E-state index contributed by atoms with van der Waals surface area (Å²) in [6.07, 6.45) is 0. The van der Waals surface area contributed by atoms with Crippen LogP contribution in [0.25, 0.3) is 0 Å². The molecule has 0 spiro atoms. The minimum Gasteiger partial charge on any atom is -0.492 e. The first-order valence-corrected chi connectivity index (χ1v) is 6.41. The molecule has 0 bridgehead atoms. The summed E-state index contributed by atoms with van der Waals surface area (Å²) in [5.74, 6) is 0.730. The SMILES string of the molecule is OCC(CO)(CO)NCCOc1cccc(Br)c1. The summed E-state index contributed by atoms with van der Waals surface area (Å²) in [5.41, 5.74) is -1.05. The third kappa shape index (κ3) is 4.55. The van der Waals surface area contributed by atoms with Gasteiger partial charge in [-0.3, -0.25) is 0 Å². The molecule has 0 saturated heterocycles. The van der Waals surface area contributed by atoms with E-state index < -0.39 is 5.54 Å². The molecule has 0 radical (unpaired) electrons. The molecule has 0 atom stereocenters. The summed E-state index contributed by atoms with van der Waals surface area (Å²) in [7, 11) is 0. The van der Waals surface area contributed by atoms with Crippen LogP contribution in [0.1, 0.15) is 0 Å². The van der Waals surface area contributed by atoms with E-state index >= 15 is 0 Å². The van der Waals surface area contributed by atoms with Crippen molar-refractivity contribution in [2.75, 3.05) is 33.0 Å². The minimum absolute atomic E-state index is 0.336. The lowest BCUT2D eigenvalue weighted by Crippen LogP contribution is -2.55. The second-order valence-corrected chi connectivity index (χ2v) is 4.90. The van der Waals surface area contributed by atoms with E-state index in [4.69, 9.17) is 20.1 Å². The van der Waals surface area contributed by atoms with E-state index in [1.165, 1.54) is 0 Å². The Hall–Kier alpha value is -0.660. The van der Waals surface area contributed by atoms with Crippen molar-refractivity contribution in [1.29, 1.82) is 0 Å². The molecule has 0 heterocycles. The Morgan fingerprint density at radius 1 is 1.17 bits per heavy atom. The smallest absolute Gasteiger partial charge is 0.120 e. The summed E-state index contributed by atoms with van der Waals surface area (Å²) in [6, 6.07) is 7.45. The molecule has 0 saturated carbocycles. The van der Waals surface area contributed by atoms with Gasteiger partial charge in [0.1, 0.15) is 12.4 Å². The minimum atomic E-state index is -1.05. The van der Waals surface area contributed by atoms with Crippen LogP contribution < -0.4 is 10.1 Å². The van der Waals surface area contributed by atoms with Crippen LogP contribution >= 0.6 is 15.9 Å². The van der Waals surface area contributed by atoms with Crippen LogP contribution in [0.5, 0.6) is 5.75 Å². The van der Waals surface area contributed by atoms with Crippen molar-refractivity contribution in [1.82, 2.24) is 5.32 Å². The number of rotatable bonds is 8. The lowest BCUT2D eigenvalue weighted by atomic mass is 10.0. The summed E-state index contributed by atoms with van der Waals surface area (Å²) >= 11 is 3.34. The molecule has 1 aromatic carbocycles. The van der Waals surface area contributed by atoms with E-state index in [1.807, 2.05) is 24.3 Å². The Morgan fingerprint density at radius 2 is 1.83 bits per heavy atom. The van der Waals surface area contributed by atoms with Crippen LogP contribution in [0.3, 0.4) is 0 Å². The summed E-state index contributed by atoms with van der Waals surface area (Å²) in [5, 5.41) is 30.2. The average Bonchev–Trinajstić information content (AvgIpc) is 2.40. The first-order valence-electron chi connectivity index (χ1n) is 5.62. The lowest BCUT2D eigenvalue weighted by Gasteiger charge is -2.28. The van der Waals surface area contributed by atoms with E-state index in [-0.39, 0.29) is 19.8 Å². The van der Waals surface area contributed by atoms with Crippen LogP contribution in [0.4, 0.5) is 0 Å². The molecule has 0 aliphatic rings. The Kier molecular flexibility index (Phi) is 6.59. The number of benzene rings is 1. The van der Waals surface area contributed by atoms with Gasteiger partial charge in [-0.1, -0.05) is 22.0 Å². The van der Waals surface area contributed by atoms with Crippen molar-refractivity contribution >= 4 is 15.9 Å². The first-order chi connectivity index (χ1) is 8.65. The van der Waals surface area contributed by atoms with E-state index in [2.05, 4.69) is 21.2 Å². The fraction of sp³-hybridized carbons (Fsp3) is 0.500. The van der Waals surface area contributed by atoms with Crippen LogP contribution in [-0.2, 0) is 0 Å². The predicted octanol–water partition coefficient (Wildman–Crippen LogP) is 0.133. The molecule has 0 aliphatic carbocycles. The standard InChI is InChI=1S/C12H18BrNO4/c13-10-2-1-3-11(6-10)18-5-4-14-12(7-15,8-16)9-17/h1-3,6,14-17H,4-5,7-9H2. The number of aliphatic hydroxyl groups is 3. The van der Waals surface area contributed by atoms with Crippen molar-refractivity contribution in [2.45, 2.75) is 5.54 Å². The summed E-state index contributed by atoms with van der Waals surface area (Å²) in [6.45, 7) is -0.225. The molecular formula is C12H18BrNO4. The highest BCUT2D eigenvalue weighted by molar-refractivity contribution is 9.10. The molecule has 4 N–H and O–H groups in total. The monoisotopic (exact) mass is 319 g/mol. The Labute approximate surface area is 115 Å². The van der Waals surface area contributed by atoms with Crippen LogP contribution in [0, 0.1) is 0 Å². The molecule has 1 aromatic rings. The number of hydrogen-bond acceptors (Lipinski definition) is 5. The maximum atomic E-state index is 9.10. The molecule has 0 fully saturated rings. The number of ether oxygens (including phenoxy) is 1. The highest BCUT2D eigenvalue weighted by Gasteiger charge is 2.26. The molecule has 0 aliphatic heterocycles. The highest BCUT2D eigenvalue weighted by atomic mass is 79.9. The van der Waals surface area contributed by atoms with Crippen molar-refractivity contribution in [3.63, 3.8) is 0 Å². The average molecular weight is 320 g/mol. The molecule has 18 heavy (non-hydrogen) atoms. The van der Waals surface area contributed by atoms with Crippen LogP contribution in [0.2, 0.25) is 0 Å². The molecule has 5 nitrogen and oxygen atoms in total. The molecule has 102 valence electrons. The lowest BCUT2D eigenvalue weighted by molar-refractivity contribution is 0.0405. The molecule has 0 aromatic heterocycles. The quantitative estimate of drug-likeness (QED) is 0.512. The molecule has 1 rings (SSSR count). The largest absolute Gasteiger partial charge is 0.492 e. The maximum absolute atomic E-state index is 9.10. The number of nitrogens with one attached hydrogen (secondary N) is 1. The maximum Gasteiger partial charge on any atom is 0.120 e. The Morgan fingerprint density at radius 3 is 2.39 bits per heavy atom. The van der Waals surface area contributed by atoms with Gasteiger partial charge in [0, 0.05) is 11.0 Å². The molecule has 0 unspecified atom stereocenters. The molecule has 0 amide bonds. The number of aliphatic hydroxyl groups excluding tert-OH is 3. The zero-order valence-electron chi connectivity index (χ0n) is 9.97. The van der Waals surface area contributed by atoms with Gasteiger partial charge in [-0.25, -0.2) is 0 Å². The van der Waals surface area contributed by atoms with Gasteiger partial charge in [-0.05, 0) is 18.2 Å². The number of halogens is 1. The van der Waals surface area contributed by atoms with Gasteiger partial charge in [0.25, 0.3) is 0 Å². The third-order valence-corrected chi connectivity index (χ3v) is 3.07. The fourth-order valence-electron chi connectivity index (χ4n) is 1.36. The van der Waals surface area contributed by atoms with Crippen LogP contribution in [0.15, 0.2) is 28.7 Å². The van der Waals surface area contributed by atoms with Gasteiger partial charge in [-0.2, -0.15) is 0 Å². The van der Waals surface area contributed by atoms with Gasteiger partial charge >= 0.3 is 0 Å².